The van der Waals surface area contributed by atoms with Gasteiger partial charge in [-0.2, -0.15) is 4.39 Å². The number of sulfone groups is 1. The van der Waals surface area contributed by atoms with E-state index in [1.165, 1.54) is 13.8 Å². The summed E-state index contributed by atoms with van der Waals surface area (Å²) in [6.45, 7) is 3.79. The van der Waals surface area contributed by atoms with Crippen LogP contribution in [0.2, 0.25) is 0 Å². The van der Waals surface area contributed by atoms with Crippen LogP contribution in [0.4, 0.5) is 24.5 Å². The molecule has 0 aromatic heterocycles. The highest BCUT2D eigenvalue weighted by Gasteiger charge is 2.37. The van der Waals surface area contributed by atoms with Gasteiger partial charge in [-0.15, -0.1) is 0 Å². The predicted molar refractivity (Wildman–Crippen MR) is 122 cm³/mol. The monoisotopic (exact) mass is 554 g/mol. The molecule has 0 aliphatic heterocycles. The number of nitro benzene ring substituents is 1. The van der Waals surface area contributed by atoms with Gasteiger partial charge in [0.1, 0.15) is 11.3 Å². The van der Waals surface area contributed by atoms with Gasteiger partial charge in [0, 0.05) is 17.7 Å². The summed E-state index contributed by atoms with van der Waals surface area (Å²) in [6, 6.07) is 1.65. The third kappa shape index (κ3) is 5.70. The number of carbonyl (C=O) groups is 1. The standard InChI is InChI=1S/C20H21F3N2O9S2/c1-4-8-35(30,31)15(5-2)36(32,33)24-12-9-11(21)17(22)19(18(12)23)34-14-7-6-13(25(28)29)16(10(14)3)20(26)27/h6-7,9,15,24H,4-5,8H2,1-3H3,(H,26,27). The smallest absolute Gasteiger partial charge is 0.343 e. The Morgan fingerprint density at radius 1 is 1.17 bits per heavy atom. The van der Waals surface area contributed by atoms with E-state index in [2.05, 4.69) is 0 Å². The van der Waals surface area contributed by atoms with Gasteiger partial charge in [-0.3, -0.25) is 14.8 Å². The Labute approximate surface area is 204 Å². The average Bonchev–Trinajstić information content (AvgIpc) is 2.75. The van der Waals surface area contributed by atoms with Crippen molar-refractivity contribution < 1.29 is 49.6 Å². The molecule has 0 fully saturated rings. The van der Waals surface area contributed by atoms with E-state index >= 15 is 4.39 Å². The summed E-state index contributed by atoms with van der Waals surface area (Å²) in [6.07, 6.45) is -0.328. The van der Waals surface area contributed by atoms with Crippen molar-refractivity contribution in [2.24, 2.45) is 0 Å². The molecule has 2 N–H and O–H groups in total. The summed E-state index contributed by atoms with van der Waals surface area (Å²) in [5, 5.41) is 20.4. The number of nitrogens with zero attached hydrogens (tertiary/aromatic N) is 1. The number of rotatable bonds is 11. The zero-order valence-electron chi connectivity index (χ0n) is 19.0. The molecule has 0 bridgehead atoms. The van der Waals surface area contributed by atoms with Gasteiger partial charge in [0.2, 0.25) is 21.6 Å². The van der Waals surface area contributed by atoms with Crippen molar-refractivity contribution in [1.29, 1.82) is 0 Å². The molecule has 0 amide bonds. The summed E-state index contributed by atoms with van der Waals surface area (Å²) in [5.74, 6) is -9.83. The lowest BCUT2D eigenvalue weighted by Crippen LogP contribution is -2.36. The third-order valence-electron chi connectivity index (χ3n) is 4.95. The maximum atomic E-state index is 15.1. The lowest BCUT2D eigenvalue weighted by molar-refractivity contribution is -0.385. The van der Waals surface area contributed by atoms with Crippen LogP contribution in [0.1, 0.15) is 42.6 Å². The molecule has 0 spiro atoms. The molecule has 198 valence electrons. The van der Waals surface area contributed by atoms with Gasteiger partial charge in [0.05, 0.1) is 16.4 Å². The molecule has 2 aromatic rings. The predicted octanol–water partition coefficient (Wildman–Crippen LogP) is 4.11. The van der Waals surface area contributed by atoms with Gasteiger partial charge in [-0.25, -0.2) is 30.4 Å². The molecule has 0 heterocycles. The van der Waals surface area contributed by atoms with Crippen molar-refractivity contribution in [2.75, 3.05) is 10.5 Å². The number of ether oxygens (including phenoxy) is 1. The van der Waals surface area contributed by atoms with Crippen LogP contribution in [0.5, 0.6) is 11.5 Å². The van der Waals surface area contributed by atoms with Crippen molar-refractivity contribution in [2.45, 2.75) is 38.2 Å². The number of sulfonamides is 1. The van der Waals surface area contributed by atoms with E-state index in [-0.39, 0.29) is 12.5 Å². The van der Waals surface area contributed by atoms with E-state index in [1.54, 1.807) is 4.72 Å². The van der Waals surface area contributed by atoms with Gasteiger partial charge >= 0.3 is 5.97 Å². The first-order valence-electron chi connectivity index (χ1n) is 10.2. The maximum absolute atomic E-state index is 15.1. The normalized spacial score (nSPS) is 12.7. The van der Waals surface area contributed by atoms with Crippen molar-refractivity contribution in [3.05, 3.63) is 56.9 Å². The Morgan fingerprint density at radius 2 is 1.78 bits per heavy atom. The minimum atomic E-state index is -4.86. The van der Waals surface area contributed by atoms with E-state index in [1.807, 2.05) is 0 Å². The van der Waals surface area contributed by atoms with E-state index in [9.17, 15) is 45.6 Å². The van der Waals surface area contributed by atoms with Crippen LogP contribution in [0, 0.1) is 34.5 Å². The highest BCUT2D eigenvalue weighted by atomic mass is 32.3. The molecular weight excluding hydrogens is 533 g/mol. The number of halogens is 3. The van der Waals surface area contributed by atoms with Crippen molar-refractivity contribution in [3.8, 4) is 11.5 Å². The molecule has 0 saturated carbocycles. The van der Waals surface area contributed by atoms with Crippen molar-refractivity contribution in [3.63, 3.8) is 0 Å². The van der Waals surface area contributed by atoms with Gasteiger partial charge in [0.15, 0.2) is 26.1 Å². The minimum Gasteiger partial charge on any atom is -0.477 e. The van der Waals surface area contributed by atoms with Crippen LogP contribution in [0.3, 0.4) is 0 Å². The molecule has 0 aliphatic carbocycles. The van der Waals surface area contributed by atoms with E-state index in [4.69, 9.17) is 4.74 Å². The van der Waals surface area contributed by atoms with Gasteiger partial charge in [0.25, 0.3) is 5.69 Å². The average molecular weight is 555 g/mol. The number of nitro groups is 1. The van der Waals surface area contributed by atoms with Crippen LogP contribution in [0.15, 0.2) is 18.2 Å². The summed E-state index contributed by atoms with van der Waals surface area (Å²) < 4.78 is 98.5. The number of nitrogens with one attached hydrogen (secondary N) is 1. The summed E-state index contributed by atoms with van der Waals surface area (Å²) in [7, 11) is -9.07. The number of anilines is 1. The summed E-state index contributed by atoms with van der Waals surface area (Å²) in [4.78, 5) is 21.6. The topological polar surface area (TPSA) is 170 Å². The van der Waals surface area contributed by atoms with Crippen LogP contribution in [-0.2, 0) is 19.9 Å². The van der Waals surface area contributed by atoms with Crippen LogP contribution in [0.25, 0.3) is 0 Å². The molecule has 1 unspecified atom stereocenters. The lowest BCUT2D eigenvalue weighted by Gasteiger charge is -2.19. The second-order valence-electron chi connectivity index (χ2n) is 7.46. The number of carboxylic acids is 1. The number of hydrogen-bond donors (Lipinski definition) is 2. The van der Waals surface area contributed by atoms with Gasteiger partial charge < -0.3 is 9.84 Å². The second-order valence-corrected chi connectivity index (χ2v) is 11.9. The zero-order chi connectivity index (χ0) is 27.6. The number of carboxylic acid groups (broad SMARTS) is 1. The largest absolute Gasteiger partial charge is 0.477 e. The third-order valence-corrected chi connectivity index (χ3v) is 10.2. The number of benzene rings is 2. The fourth-order valence-corrected chi connectivity index (χ4v) is 7.71. The Balaban J connectivity index is 2.61. The van der Waals surface area contributed by atoms with Gasteiger partial charge in [-0.1, -0.05) is 13.8 Å². The van der Waals surface area contributed by atoms with E-state index in [0.29, 0.717) is 6.07 Å². The second kappa shape index (κ2) is 10.7. The molecule has 0 radical (unpaired) electrons. The maximum Gasteiger partial charge on any atom is 0.343 e. The first kappa shape index (κ1) is 28.8. The molecule has 36 heavy (non-hydrogen) atoms. The Hall–Kier alpha value is -3.40. The molecule has 1 atom stereocenters. The number of hydrogen-bond acceptors (Lipinski definition) is 8. The highest BCUT2D eigenvalue weighted by Crippen LogP contribution is 2.38. The molecule has 2 rings (SSSR count). The summed E-state index contributed by atoms with van der Waals surface area (Å²) in [5.41, 5.74) is -3.31. The molecule has 0 saturated heterocycles. The Kier molecular flexibility index (Phi) is 8.57. The van der Waals surface area contributed by atoms with Crippen LogP contribution >= 0.6 is 0 Å². The van der Waals surface area contributed by atoms with Gasteiger partial charge in [-0.05, 0) is 25.8 Å². The molecule has 0 aliphatic rings. The van der Waals surface area contributed by atoms with Crippen LogP contribution < -0.4 is 9.46 Å². The molecule has 2 aromatic carbocycles. The van der Waals surface area contributed by atoms with Crippen molar-refractivity contribution in [1.82, 2.24) is 0 Å². The fraction of sp³-hybridized carbons (Fsp3) is 0.350. The fourth-order valence-electron chi connectivity index (χ4n) is 3.37. The number of aromatic carboxylic acids is 1. The zero-order valence-corrected chi connectivity index (χ0v) is 20.7. The molecule has 16 heteroatoms. The highest BCUT2D eigenvalue weighted by molar-refractivity contribution is 8.09. The van der Waals surface area contributed by atoms with E-state index < -0.39 is 99.0 Å². The molecular formula is C20H21F3N2O9S2. The first-order valence-corrected chi connectivity index (χ1v) is 13.4. The quantitative estimate of drug-likeness (QED) is 0.236. The minimum absolute atomic E-state index is 0.0960. The Morgan fingerprint density at radius 3 is 2.28 bits per heavy atom. The first-order chi connectivity index (χ1) is 16.6. The summed E-state index contributed by atoms with van der Waals surface area (Å²) >= 11 is 0. The lowest BCUT2D eigenvalue weighted by atomic mass is 10.1. The Bertz CT molecular complexity index is 1430. The van der Waals surface area contributed by atoms with E-state index in [0.717, 1.165) is 13.0 Å². The SMILES string of the molecule is CCCS(=O)(=O)C(CC)S(=O)(=O)Nc1cc(F)c(F)c(Oc2ccc([N+](=O)[O-])c(C(=O)O)c2C)c1F. The van der Waals surface area contributed by atoms with Crippen LogP contribution in [-0.4, -0.2) is 43.2 Å². The molecule has 11 nitrogen and oxygen atoms in total. The van der Waals surface area contributed by atoms with Crippen molar-refractivity contribution >= 4 is 37.2 Å².